The molecule has 1 amide bonds. The Hall–Kier alpha value is -1.17. The van der Waals surface area contributed by atoms with Crippen LogP contribution in [0.3, 0.4) is 0 Å². The summed E-state index contributed by atoms with van der Waals surface area (Å²) in [7, 11) is 1.56. The van der Waals surface area contributed by atoms with E-state index in [1.54, 1.807) is 13.2 Å². The molecule has 0 aliphatic rings. The number of ether oxygens (including phenoxy) is 1. The summed E-state index contributed by atoms with van der Waals surface area (Å²) in [6.45, 7) is 1.02. The highest BCUT2D eigenvalue weighted by Gasteiger charge is 2.15. The molecule has 0 bridgehead atoms. The third-order valence-corrected chi connectivity index (χ3v) is 2.40. The van der Waals surface area contributed by atoms with Gasteiger partial charge in [0.25, 0.3) is 5.91 Å². The molecular weight excluding hydrogens is 244 g/mol. The van der Waals surface area contributed by atoms with Gasteiger partial charge in [0.05, 0.1) is 13.2 Å². The number of hydrogen-bond donors (Lipinski definition) is 1. The van der Waals surface area contributed by atoms with Crippen LogP contribution in [0.5, 0.6) is 0 Å². The summed E-state index contributed by atoms with van der Waals surface area (Å²) < 4.78 is 4.91. The number of hydrogen-bond acceptors (Lipinski definition) is 4. The molecule has 0 unspecified atom stereocenters. The Morgan fingerprint density at radius 3 is 2.94 bits per heavy atom. The molecule has 0 spiro atoms. The van der Waals surface area contributed by atoms with E-state index in [4.69, 9.17) is 21.4 Å². The molecule has 0 aliphatic carbocycles. The first-order valence-electron chi connectivity index (χ1n) is 5.19. The van der Waals surface area contributed by atoms with E-state index in [-0.39, 0.29) is 24.2 Å². The third kappa shape index (κ3) is 4.30. The van der Waals surface area contributed by atoms with Crippen molar-refractivity contribution in [2.24, 2.45) is 0 Å². The zero-order chi connectivity index (χ0) is 12.7. The van der Waals surface area contributed by atoms with E-state index >= 15 is 0 Å². The van der Waals surface area contributed by atoms with E-state index in [0.717, 1.165) is 0 Å². The van der Waals surface area contributed by atoms with Crippen molar-refractivity contribution in [3.63, 3.8) is 0 Å². The van der Waals surface area contributed by atoms with Crippen LogP contribution >= 0.6 is 11.6 Å². The van der Waals surface area contributed by atoms with Crippen LogP contribution in [-0.4, -0.2) is 54.3 Å². The number of nitrogens with zero attached hydrogens (tertiary/aromatic N) is 2. The van der Waals surface area contributed by atoms with Crippen LogP contribution in [0.2, 0.25) is 5.15 Å². The molecule has 0 fully saturated rings. The fourth-order valence-electron chi connectivity index (χ4n) is 1.36. The fraction of sp³-hybridized carbons (Fsp3) is 0.455. The van der Waals surface area contributed by atoms with Gasteiger partial charge in [0.2, 0.25) is 0 Å². The molecule has 1 aromatic rings. The predicted octanol–water partition coefficient (Wildman–Crippen LogP) is 0.816. The summed E-state index contributed by atoms with van der Waals surface area (Å²) in [5.74, 6) is -0.194. The second kappa shape index (κ2) is 7.21. The Labute approximate surface area is 105 Å². The van der Waals surface area contributed by atoms with E-state index in [2.05, 4.69) is 4.98 Å². The molecule has 1 heterocycles. The van der Waals surface area contributed by atoms with E-state index in [0.29, 0.717) is 18.7 Å². The van der Waals surface area contributed by atoms with Gasteiger partial charge in [-0.3, -0.25) is 4.79 Å². The zero-order valence-electron chi connectivity index (χ0n) is 9.60. The number of methoxy groups -OCH3 is 1. The van der Waals surface area contributed by atoms with E-state index in [1.165, 1.54) is 17.2 Å². The maximum atomic E-state index is 12.1. The topological polar surface area (TPSA) is 62.7 Å². The number of halogens is 1. The number of aromatic nitrogens is 1. The maximum Gasteiger partial charge on any atom is 0.254 e. The largest absolute Gasteiger partial charge is 0.395 e. The number of rotatable bonds is 6. The van der Waals surface area contributed by atoms with Gasteiger partial charge < -0.3 is 14.7 Å². The average Bonchev–Trinajstić information content (AvgIpc) is 2.33. The second-order valence-electron chi connectivity index (χ2n) is 3.38. The first-order valence-corrected chi connectivity index (χ1v) is 5.57. The van der Waals surface area contributed by atoms with Crippen LogP contribution in [0.1, 0.15) is 10.4 Å². The molecule has 94 valence electrons. The standard InChI is InChI=1S/C11H15ClN2O3/c1-17-7-5-14(4-6-15)11(16)9-2-3-13-10(12)8-9/h2-3,8,15H,4-7H2,1H3. The summed E-state index contributed by atoms with van der Waals surface area (Å²) >= 11 is 5.72. The molecular formula is C11H15ClN2O3. The molecule has 0 aromatic carbocycles. The second-order valence-corrected chi connectivity index (χ2v) is 3.76. The van der Waals surface area contributed by atoms with Gasteiger partial charge in [-0.15, -0.1) is 0 Å². The Bertz CT molecular complexity index is 373. The van der Waals surface area contributed by atoms with Gasteiger partial charge in [-0.1, -0.05) is 11.6 Å². The summed E-state index contributed by atoms with van der Waals surface area (Å²) in [6, 6.07) is 3.09. The van der Waals surface area contributed by atoms with Crippen molar-refractivity contribution in [2.45, 2.75) is 0 Å². The van der Waals surface area contributed by atoms with E-state index in [9.17, 15) is 4.79 Å². The van der Waals surface area contributed by atoms with Crippen molar-refractivity contribution in [1.82, 2.24) is 9.88 Å². The molecule has 0 atom stereocenters. The number of carbonyl (C=O) groups is 1. The lowest BCUT2D eigenvalue weighted by Gasteiger charge is -2.21. The molecule has 0 saturated carbocycles. The highest BCUT2D eigenvalue weighted by molar-refractivity contribution is 6.29. The Kier molecular flexibility index (Phi) is 5.90. The SMILES string of the molecule is COCCN(CCO)C(=O)c1ccnc(Cl)c1. The molecule has 5 nitrogen and oxygen atoms in total. The smallest absolute Gasteiger partial charge is 0.254 e. The lowest BCUT2D eigenvalue weighted by Crippen LogP contribution is -2.36. The molecule has 17 heavy (non-hydrogen) atoms. The van der Waals surface area contributed by atoms with Gasteiger partial charge in [-0.05, 0) is 12.1 Å². The molecule has 6 heteroatoms. The highest BCUT2D eigenvalue weighted by atomic mass is 35.5. The maximum absolute atomic E-state index is 12.1. The van der Waals surface area contributed by atoms with E-state index in [1.807, 2.05) is 0 Å². The number of aliphatic hydroxyl groups is 1. The van der Waals surface area contributed by atoms with Gasteiger partial charge in [0.15, 0.2) is 0 Å². The monoisotopic (exact) mass is 258 g/mol. The first kappa shape index (κ1) is 13.9. The van der Waals surface area contributed by atoms with Crippen molar-refractivity contribution in [3.05, 3.63) is 29.0 Å². The Balaban J connectivity index is 2.76. The fourth-order valence-corrected chi connectivity index (χ4v) is 1.53. The van der Waals surface area contributed by atoms with Crippen molar-refractivity contribution in [1.29, 1.82) is 0 Å². The minimum Gasteiger partial charge on any atom is -0.395 e. The lowest BCUT2D eigenvalue weighted by molar-refractivity contribution is 0.0656. The van der Waals surface area contributed by atoms with Crippen LogP contribution in [0.15, 0.2) is 18.3 Å². The molecule has 0 aliphatic heterocycles. The molecule has 1 rings (SSSR count). The number of carbonyl (C=O) groups excluding carboxylic acids is 1. The average molecular weight is 259 g/mol. The van der Waals surface area contributed by atoms with Crippen molar-refractivity contribution >= 4 is 17.5 Å². The van der Waals surface area contributed by atoms with E-state index < -0.39 is 0 Å². The van der Waals surface area contributed by atoms with Gasteiger partial charge in [-0.25, -0.2) is 4.98 Å². The minimum absolute atomic E-state index is 0.0890. The van der Waals surface area contributed by atoms with Crippen molar-refractivity contribution in [2.75, 3.05) is 33.4 Å². The molecule has 0 radical (unpaired) electrons. The molecule has 0 saturated heterocycles. The highest BCUT2D eigenvalue weighted by Crippen LogP contribution is 2.09. The van der Waals surface area contributed by atoms with Crippen LogP contribution < -0.4 is 0 Å². The van der Waals surface area contributed by atoms with Crippen molar-refractivity contribution < 1.29 is 14.6 Å². The van der Waals surface area contributed by atoms with Crippen LogP contribution in [0, 0.1) is 0 Å². The van der Waals surface area contributed by atoms with Crippen molar-refractivity contribution in [3.8, 4) is 0 Å². The molecule has 1 N–H and O–H groups in total. The lowest BCUT2D eigenvalue weighted by atomic mass is 10.2. The van der Waals surface area contributed by atoms with Gasteiger partial charge in [0.1, 0.15) is 5.15 Å². The summed E-state index contributed by atoms with van der Waals surface area (Å²) in [6.07, 6.45) is 1.48. The van der Waals surface area contributed by atoms with Crippen LogP contribution in [0.25, 0.3) is 0 Å². The predicted molar refractivity (Wildman–Crippen MR) is 64.1 cm³/mol. The number of aliphatic hydroxyl groups excluding tert-OH is 1. The quantitative estimate of drug-likeness (QED) is 0.768. The number of pyridine rings is 1. The third-order valence-electron chi connectivity index (χ3n) is 2.20. The van der Waals surface area contributed by atoms with Gasteiger partial charge in [0, 0.05) is 32.0 Å². The van der Waals surface area contributed by atoms with Crippen LogP contribution in [-0.2, 0) is 4.74 Å². The summed E-state index contributed by atoms with van der Waals surface area (Å²) in [5.41, 5.74) is 0.453. The van der Waals surface area contributed by atoms with Gasteiger partial charge >= 0.3 is 0 Å². The van der Waals surface area contributed by atoms with Crippen LogP contribution in [0.4, 0.5) is 0 Å². The Morgan fingerprint density at radius 2 is 2.35 bits per heavy atom. The zero-order valence-corrected chi connectivity index (χ0v) is 10.4. The number of amides is 1. The first-order chi connectivity index (χ1) is 8.19. The normalized spacial score (nSPS) is 10.3. The Morgan fingerprint density at radius 1 is 1.59 bits per heavy atom. The summed E-state index contributed by atoms with van der Waals surface area (Å²) in [5, 5.41) is 9.18. The minimum atomic E-state index is -0.194. The summed E-state index contributed by atoms with van der Waals surface area (Å²) in [4.78, 5) is 17.4. The van der Waals surface area contributed by atoms with Gasteiger partial charge in [-0.2, -0.15) is 0 Å². The molecule has 1 aromatic heterocycles.